The van der Waals surface area contributed by atoms with Gasteiger partial charge in [-0.25, -0.2) is 0 Å². The van der Waals surface area contributed by atoms with Crippen molar-refractivity contribution in [3.05, 3.63) is 34.2 Å². The smallest absolute Gasteiger partial charge is 0.260 e. The Morgan fingerprint density at radius 1 is 1.60 bits per heavy atom. The molecule has 0 aromatic carbocycles. The predicted molar refractivity (Wildman–Crippen MR) is 56.7 cm³/mol. The van der Waals surface area contributed by atoms with Gasteiger partial charge in [-0.1, -0.05) is 0 Å². The highest BCUT2D eigenvalue weighted by Crippen LogP contribution is 2.32. The van der Waals surface area contributed by atoms with Crippen LogP contribution < -0.4 is 10.9 Å². The maximum atomic E-state index is 11.7. The fourth-order valence-electron chi connectivity index (χ4n) is 1.60. The van der Waals surface area contributed by atoms with Gasteiger partial charge >= 0.3 is 0 Å². The number of hydrogen-bond acceptors (Lipinski definition) is 2. The number of aromatic amines is 1. The van der Waals surface area contributed by atoms with E-state index in [9.17, 15) is 9.59 Å². The number of hydrogen-bond donors (Lipinski definition) is 2. The maximum Gasteiger partial charge on any atom is 0.260 e. The molecule has 0 bridgehead atoms. The van der Waals surface area contributed by atoms with Gasteiger partial charge in [0.15, 0.2) is 0 Å². The van der Waals surface area contributed by atoms with Crippen molar-refractivity contribution < 1.29 is 4.79 Å². The van der Waals surface area contributed by atoms with E-state index >= 15 is 0 Å². The van der Waals surface area contributed by atoms with Gasteiger partial charge in [-0.15, -0.1) is 0 Å². The van der Waals surface area contributed by atoms with Gasteiger partial charge in [0, 0.05) is 12.2 Å². The highest BCUT2D eigenvalue weighted by atomic mass is 16.2. The van der Waals surface area contributed by atoms with Crippen LogP contribution in [0.5, 0.6) is 0 Å². The molecule has 1 heterocycles. The molecule has 1 aliphatic carbocycles. The Kier molecular flexibility index (Phi) is 2.58. The largest absolute Gasteiger partial charge is 0.349 e. The van der Waals surface area contributed by atoms with Crippen molar-refractivity contribution in [2.45, 2.75) is 25.8 Å². The lowest BCUT2D eigenvalue weighted by Gasteiger charge is -2.11. The average molecular weight is 206 g/mol. The number of amides is 1. The molecule has 1 aliphatic rings. The third kappa shape index (κ3) is 2.26. The molecule has 1 aromatic rings. The van der Waals surface area contributed by atoms with Crippen molar-refractivity contribution in [2.75, 3.05) is 0 Å². The van der Waals surface area contributed by atoms with Crippen molar-refractivity contribution in [3.8, 4) is 0 Å². The Labute approximate surface area is 87.7 Å². The lowest BCUT2D eigenvalue weighted by atomic mass is 10.2. The molecule has 80 valence electrons. The van der Waals surface area contributed by atoms with Gasteiger partial charge in [0.05, 0.1) is 0 Å². The number of pyridine rings is 1. The van der Waals surface area contributed by atoms with Crippen LogP contribution in [-0.2, 0) is 0 Å². The summed E-state index contributed by atoms with van der Waals surface area (Å²) in [6, 6.07) is 3.35. The van der Waals surface area contributed by atoms with E-state index in [-0.39, 0.29) is 23.1 Å². The van der Waals surface area contributed by atoms with Gasteiger partial charge in [0.2, 0.25) is 0 Å². The summed E-state index contributed by atoms with van der Waals surface area (Å²) in [5.41, 5.74) is -0.150. The van der Waals surface area contributed by atoms with Crippen molar-refractivity contribution >= 4 is 5.91 Å². The molecule has 1 aromatic heterocycles. The van der Waals surface area contributed by atoms with E-state index in [1.807, 2.05) is 6.92 Å². The molecule has 1 amide bonds. The minimum Gasteiger partial charge on any atom is -0.349 e. The van der Waals surface area contributed by atoms with E-state index in [1.165, 1.54) is 25.1 Å². The Balaban J connectivity index is 2.07. The van der Waals surface area contributed by atoms with E-state index in [1.54, 1.807) is 6.07 Å². The molecule has 1 unspecified atom stereocenters. The van der Waals surface area contributed by atoms with Crippen LogP contribution in [-0.4, -0.2) is 16.9 Å². The SMILES string of the molecule is CC(NC(=O)c1ccc[nH]c1=O)C1CC1. The van der Waals surface area contributed by atoms with Crippen LogP contribution in [0.2, 0.25) is 0 Å². The molecule has 4 heteroatoms. The van der Waals surface area contributed by atoms with Crippen molar-refractivity contribution in [1.29, 1.82) is 0 Å². The summed E-state index contributed by atoms with van der Waals surface area (Å²) < 4.78 is 0. The number of rotatable bonds is 3. The fourth-order valence-corrected chi connectivity index (χ4v) is 1.60. The number of aromatic nitrogens is 1. The Hall–Kier alpha value is -1.58. The van der Waals surface area contributed by atoms with Gasteiger partial charge < -0.3 is 10.3 Å². The second-order valence-corrected chi connectivity index (χ2v) is 4.01. The Morgan fingerprint density at radius 2 is 2.33 bits per heavy atom. The van der Waals surface area contributed by atoms with Gasteiger partial charge in [-0.05, 0) is 37.8 Å². The van der Waals surface area contributed by atoms with Gasteiger partial charge in [-0.2, -0.15) is 0 Å². The van der Waals surface area contributed by atoms with Crippen molar-refractivity contribution in [3.63, 3.8) is 0 Å². The Bertz CT molecular complexity index is 421. The molecule has 0 radical (unpaired) electrons. The first-order valence-corrected chi connectivity index (χ1v) is 5.17. The molecule has 0 aliphatic heterocycles. The first kappa shape index (κ1) is 9.96. The third-order valence-electron chi connectivity index (χ3n) is 2.75. The molecule has 1 fully saturated rings. The third-order valence-corrected chi connectivity index (χ3v) is 2.75. The number of H-pyrrole nitrogens is 1. The summed E-state index contributed by atoms with van der Waals surface area (Å²) in [6.07, 6.45) is 3.86. The maximum absolute atomic E-state index is 11.7. The quantitative estimate of drug-likeness (QED) is 0.772. The van der Waals surface area contributed by atoms with Gasteiger partial charge in [0.1, 0.15) is 5.56 Å². The highest BCUT2D eigenvalue weighted by Gasteiger charge is 2.29. The summed E-state index contributed by atoms with van der Waals surface area (Å²) in [4.78, 5) is 25.5. The van der Waals surface area contributed by atoms with Crippen LogP contribution in [0, 0.1) is 5.92 Å². The molecule has 4 nitrogen and oxygen atoms in total. The first-order chi connectivity index (χ1) is 7.18. The van der Waals surface area contributed by atoms with Crippen LogP contribution in [0.1, 0.15) is 30.1 Å². The zero-order valence-corrected chi connectivity index (χ0v) is 8.62. The fraction of sp³-hybridized carbons (Fsp3) is 0.455. The average Bonchev–Trinajstić information content (AvgIpc) is 3.01. The molecule has 2 N–H and O–H groups in total. The van der Waals surface area contributed by atoms with E-state index < -0.39 is 0 Å². The van der Waals surface area contributed by atoms with Crippen LogP contribution in [0.4, 0.5) is 0 Å². The summed E-state index contributed by atoms with van der Waals surface area (Å²) in [7, 11) is 0. The minimum absolute atomic E-state index is 0.164. The Morgan fingerprint density at radius 3 is 2.93 bits per heavy atom. The van der Waals surface area contributed by atoms with E-state index in [0.29, 0.717) is 5.92 Å². The minimum atomic E-state index is -0.335. The normalized spacial score (nSPS) is 17.1. The van der Waals surface area contributed by atoms with E-state index in [2.05, 4.69) is 10.3 Å². The standard InChI is InChI=1S/C11H14N2O2/c1-7(8-4-5-8)13-11(15)9-3-2-6-12-10(9)14/h2-3,6-8H,4-5H2,1H3,(H,12,14)(H,13,15). The lowest BCUT2D eigenvalue weighted by molar-refractivity contribution is 0.0934. The molecule has 0 spiro atoms. The predicted octanol–water partition coefficient (Wildman–Crippen LogP) is 0.903. The van der Waals surface area contributed by atoms with Gasteiger partial charge in [-0.3, -0.25) is 9.59 Å². The molecular weight excluding hydrogens is 192 g/mol. The van der Waals surface area contributed by atoms with Gasteiger partial charge in [0.25, 0.3) is 11.5 Å². The number of carbonyl (C=O) groups excluding carboxylic acids is 1. The van der Waals surface area contributed by atoms with Crippen LogP contribution >= 0.6 is 0 Å². The zero-order valence-electron chi connectivity index (χ0n) is 8.62. The van der Waals surface area contributed by atoms with E-state index in [4.69, 9.17) is 0 Å². The van der Waals surface area contributed by atoms with E-state index in [0.717, 1.165) is 0 Å². The summed E-state index contributed by atoms with van der Waals surface area (Å²) >= 11 is 0. The zero-order chi connectivity index (χ0) is 10.8. The van der Waals surface area contributed by atoms with Crippen LogP contribution in [0.25, 0.3) is 0 Å². The number of carbonyl (C=O) groups is 1. The van der Waals surface area contributed by atoms with Crippen molar-refractivity contribution in [1.82, 2.24) is 10.3 Å². The summed E-state index contributed by atoms with van der Waals surface area (Å²) in [5.74, 6) is 0.313. The van der Waals surface area contributed by atoms with Crippen LogP contribution in [0.3, 0.4) is 0 Å². The monoisotopic (exact) mass is 206 g/mol. The van der Waals surface area contributed by atoms with Crippen molar-refractivity contribution in [2.24, 2.45) is 5.92 Å². The molecular formula is C11H14N2O2. The second-order valence-electron chi connectivity index (χ2n) is 4.01. The van der Waals surface area contributed by atoms with Crippen LogP contribution in [0.15, 0.2) is 23.1 Å². The second kappa shape index (κ2) is 3.88. The lowest BCUT2D eigenvalue weighted by Crippen LogP contribution is -2.36. The summed E-state index contributed by atoms with van der Waals surface area (Å²) in [6.45, 7) is 1.98. The molecule has 1 saturated carbocycles. The molecule has 1 atom stereocenters. The molecule has 2 rings (SSSR count). The topological polar surface area (TPSA) is 62.0 Å². The highest BCUT2D eigenvalue weighted by molar-refractivity contribution is 5.93. The molecule has 0 saturated heterocycles. The number of nitrogens with one attached hydrogen (secondary N) is 2. The summed E-state index contributed by atoms with van der Waals surface area (Å²) in [5, 5.41) is 2.84. The first-order valence-electron chi connectivity index (χ1n) is 5.17. The molecule has 15 heavy (non-hydrogen) atoms.